The highest BCUT2D eigenvalue weighted by atomic mass is 32.2. The van der Waals surface area contributed by atoms with E-state index in [1.165, 1.54) is 17.9 Å². The maximum absolute atomic E-state index is 13.7. The van der Waals surface area contributed by atoms with Crippen LogP contribution in [0.15, 0.2) is 42.5 Å². The normalized spacial score (nSPS) is 13.1. The van der Waals surface area contributed by atoms with E-state index in [0.717, 1.165) is 16.3 Å². The Bertz CT molecular complexity index is 1190. The molecule has 0 bridgehead atoms. The fraction of sp³-hybridized carbons (Fsp3) is 0.440. The minimum Gasteiger partial charge on any atom is -0.497 e. The van der Waals surface area contributed by atoms with Gasteiger partial charge in [-0.2, -0.15) is 0 Å². The monoisotopic (exact) mass is 519 g/mol. The van der Waals surface area contributed by atoms with E-state index in [1.54, 1.807) is 44.4 Å². The van der Waals surface area contributed by atoms with Crippen molar-refractivity contribution in [3.8, 4) is 17.2 Å². The van der Waals surface area contributed by atoms with Gasteiger partial charge < -0.3 is 24.4 Å². The maximum atomic E-state index is 13.7. The van der Waals surface area contributed by atoms with E-state index in [2.05, 4.69) is 5.32 Å². The SMILES string of the molecule is CCCNC(=O)[C@@H](C)N(Cc1cccc(OC)c1)C(=O)CN(c1ccc2c(c1)OCO2)S(=O)(=O)CC. The zero-order chi connectivity index (χ0) is 26.3. The van der Waals surface area contributed by atoms with Crippen LogP contribution >= 0.6 is 0 Å². The predicted molar refractivity (Wildman–Crippen MR) is 136 cm³/mol. The number of fused-ring (bicyclic) bond motifs is 1. The molecule has 1 heterocycles. The highest BCUT2D eigenvalue weighted by molar-refractivity contribution is 7.92. The number of ether oxygens (including phenoxy) is 3. The molecule has 0 aromatic heterocycles. The molecular weight excluding hydrogens is 486 g/mol. The van der Waals surface area contributed by atoms with Gasteiger partial charge in [0.15, 0.2) is 11.5 Å². The number of hydrogen-bond acceptors (Lipinski definition) is 7. The molecule has 0 saturated carbocycles. The quantitative estimate of drug-likeness (QED) is 0.458. The summed E-state index contributed by atoms with van der Waals surface area (Å²) < 4.78 is 43.1. The van der Waals surface area contributed by atoms with Gasteiger partial charge in [-0.05, 0) is 50.1 Å². The summed E-state index contributed by atoms with van der Waals surface area (Å²) in [7, 11) is -2.29. The summed E-state index contributed by atoms with van der Waals surface area (Å²) in [6, 6.07) is 11.0. The summed E-state index contributed by atoms with van der Waals surface area (Å²) in [4.78, 5) is 27.8. The van der Waals surface area contributed by atoms with Crippen molar-refractivity contribution >= 4 is 27.5 Å². The average molecular weight is 520 g/mol. The number of carbonyl (C=O) groups excluding carboxylic acids is 2. The largest absolute Gasteiger partial charge is 0.497 e. The first kappa shape index (κ1) is 27.1. The van der Waals surface area contributed by atoms with Crippen LogP contribution in [0.5, 0.6) is 17.2 Å². The lowest BCUT2D eigenvalue weighted by atomic mass is 10.1. The lowest BCUT2D eigenvalue weighted by Gasteiger charge is -2.32. The summed E-state index contributed by atoms with van der Waals surface area (Å²) in [5, 5.41) is 2.81. The van der Waals surface area contributed by atoms with Gasteiger partial charge in [0.05, 0.1) is 18.6 Å². The van der Waals surface area contributed by atoms with Crippen LogP contribution in [-0.2, 0) is 26.2 Å². The number of nitrogens with one attached hydrogen (secondary N) is 1. The molecule has 1 N–H and O–H groups in total. The molecule has 0 saturated heterocycles. The Hall–Kier alpha value is -3.47. The number of amides is 2. The average Bonchev–Trinajstić information content (AvgIpc) is 3.36. The van der Waals surface area contributed by atoms with E-state index >= 15 is 0 Å². The van der Waals surface area contributed by atoms with E-state index in [4.69, 9.17) is 14.2 Å². The minimum absolute atomic E-state index is 0.0386. The standard InChI is InChI=1S/C25H33N3O7S/c1-5-12-26-25(30)18(3)27(15-19-8-7-9-21(13-19)33-4)24(29)16-28(36(31,32)6-2)20-10-11-22-23(14-20)35-17-34-22/h7-11,13-14,18H,5-6,12,15-17H2,1-4H3,(H,26,30)/t18-/m1/s1. The van der Waals surface area contributed by atoms with E-state index in [9.17, 15) is 18.0 Å². The Balaban J connectivity index is 1.93. The molecule has 11 heteroatoms. The van der Waals surface area contributed by atoms with E-state index in [1.807, 2.05) is 13.0 Å². The molecule has 1 aliphatic rings. The van der Waals surface area contributed by atoms with Crippen molar-refractivity contribution in [2.75, 3.05) is 37.1 Å². The van der Waals surface area contributed by atoms with Crippen LogP contribution < -0.4 is 23.8 Å². The van der Waals surface area contributed by atoms with Crippen LogP contribution in [0.3, 0.4) is 0 Å². The van der Waals surface area contributed by atoms with E-state index in [-0.39, 0.29) is 30.7 Å². The molecule has 0 aliphatic carbocycles. The molecule has 196 valence electrons. The van der Waals surface area contributed by atoms with Gasteiger partial charge in [0.2, 0.25) is 28.6 Å². The molecule has 2 aromatic rings. The Morgan fingerprint density at radius 2 is 1.86 bits per heavy atom. The molecule has 10 nitrogen and oxygen atoms in total. The Kier molecular flexibility index (Phi) is 9.03. The van der Waals surface area contributed by atoms with Gasteiger partial charge in [0.25, 0.3) is 0 Å². The Morgan fingerprint density at radius 1 is 1.11 bits per heavy atom. The fourth-order valence-electron chi connectivity index (χ4n) is 3.71. The van der Waals surface area contributed by atoms with Gasteiger partial charge in [-0.25, -0.2) is 8.42 Å². The van der Waals surface area contributed by atoms with Gasteiger partial charge in [0, 0.05) is 19.2 Å². The molecule has 0 radical (unpaired) electrons. The zero-order valence-electron chi connectivity index (χ0n) is 21.0. The number of carbonyl (C=O) groups is 2. The molecule has 2 amide bonds. The number of anilines is 1. The Morgan fingerprint density at radius 3 is 2.56 bits per heavy atom. The van der Waals surface area contributed by atoms with Crippen molar-refractivity contribution in [3.05, 3.63) is 48.0 Å². The smallest absolute Gasteiger partial charge is 0.244 e. The molecule has 2 aromatic carbocycles. The number of methoxy groups -OCH3 is 1. The van der Waals surface area contributed by atoms with Gasteiger partial charge >= 0.3 is 0 Å². The van der Waals surface area contributed by atoms with Crippen LogP contribution in [0.1, 0.15) is 32.8 Å². The molecule has 0 fully saturated rings. The lowest BCUT2D eigenvalue weighted by Crippen LogP contribution is -2.51. The van der Waals surface area contributed by atoms with Gasteiger partial charge in [0.1, 0.15) is 18.3 Å². The molecule has 1 atom stereocenters. The van der Waals surface area contributed by atoms with Crippen molar-refractivity contribution in [1.29, 1.82) is 0 Å². The third kappa shape index (κ3) is 6.39. The van der Waals surface area contributed by atoms with E-state index < -0.39 is 28.5 Å². The molecule has 0 unspecified atom stereocenters. The topological polar surface area (TPSA) is 114 Å². The fourth-order valence-corrected chi connectivity index (χ4v) is 4.76. The van der Waals surface area contributed by atoms with E-state index in [0.29, 0.717) is 23.8 Å². The number of sulfonamides is 1. The van der Waals surface area contributed by atoms with Crippen LogP contribution in [0.25, 0.3) is 0 Å². The summed E-state index contributed by atoms with van der Waals surface area (Å²) in [5.41, 5.74) is 1.02. The van der Waals surface area contributed by atoms with Crippen molar-refractivity contribution in [1.82, 2.24) is 10.2 Å². The first-order valence-electron chi connectivity index (χ1n) is 11.8. The highest BCUT2D eigenvalue weighted by Crippen LogP contribution is 2.36. The van der Waals surface area contributed by atoms with Crippen molar-refractivity contribution in [3.63, 3.8) is 0 Å². The number of rotatable bonds is 12. The first-order chi connectivity index (χ1) is 17.2. The van der Waals surface area contributed by atoms with Crippen LogP contribution in [0, 0.1) is 0 Å². The van der Waals surface area contributed by atoms with Gasteiger partial charge in [-0.15, -0.1) is 0 Å². The Labute approximate surface area is 212 Å². The third-order valence-corrected chi connectivity index (χ3v) is 7.57. The molecule has 1 aliphatic heterocycles. The summed E-state index contributed by atoms with van der Waals surface area (Å²) in [5.74, 6) is 0.458. The molecular formula is C25H33N3O7S. The second-order valence-electron chi connectivity index (χ2n) is 8.28. The number of hydrogen-bond donors (Lipinski definition) is 1. The first-order valence-corrected chi connectivity index (χ1v) is 13.4. The minimum atomic E-state index is -3.83. The second kappa shape index (κ2) is 12.0. The molecule has 0 spiro atoms. The van der Waals surface area contributed by atoms with Gasteiger partial charge in [-0.3, -0.25) is 13.9 Å². The molecule has 3 rings (SSSR count). The second-order valence-corrected chi connectivity index (χ2v) is 10.5. The number of nitrogens with zero attached hydrogens (tertiary/aromatic N) is 2. The van der Waals surface area contributed by atoms with Crippen molar-refractivity contribution < 1.29 is 32.2 Å². The van der Waals surface area contributed by atoms with Crippen LogP contribution in [0.2, 0.25) is 0 Å². The highest BCUT2D eigenvalue weighted by Gasteiger charge is 2.31. The summed E-state index contributed by atoms with van der Waals surface area (Å²) >= 11 is 0. The molecule has 36 heavy (non-hydrogen) atoms. The summed E-state index contributed by atoms with van der Waals surface area (Å²) in [6.07, 6.45) is 0.745. The maximum Gasteiger partial charge on any atom is 0.244 e. The predicted octanol–water partition coefficient (Wildman–Crippen LogP) is 2.52. The lowest BCUT2D eigenvalue weighted by molar-refractivity contribution is -0.139. The van der Waals surface area contributed by atoms with Crippen molar-refractivity contribution in [2.45, 2.75) is 39.8 Å². The summed E-state index contributed by atoms with van der Waals surface area (Å²) in [6.45, 7) is 5.19. The van der Waals surface area contributed by atoms with Crippen molar-refractivity contribution in [2.24, 2.45) is 0 Å². The van der Waals surface area contributed by atoms with Gasteiger partial charge in [-0.1, -0.05) is 19.1 Å². The third-order valence-electron chi connectivity index (χ3n) is 5.83. The van der Waals surface area contributed by atoms with Crippen LogP contribution in [-0.4, -0.2) is 63.9 Å². The van der Waals surface area contributed by atoms with Crippen LogP contribution in [0.4, 0.5) is 5.69 Å². The zero-order valence-corrected chi connectivity index (χ0v) is 21.8. The number of benzene rings is 2.